The fraction of sp³-hybridized carbons (Fsp3) is 0.304. The fourth-order valence-electron chi connectivity index (χ4n) is 3.43. The second kappa shape index (κ2) is 9.32. The molecule has 0 spiro atoms. The minimum atomic E-state index is -0.130. The van der Waals surface area contributed by atoms with Gasteiger partial charge in [0, 0.05) is 17.7 Å². The highest BCUT2D eigenvalue weighted by atomic mass is 35.5. The summed E-state index contributed by atoms with van der Waals surface area (Å²) in [6.45, 7) is 4.25. The lowest BCUT2D eigenvalue weighted by Crippen LogP contribution is -2.34. The summed E-state index contributed by atoms with van der Waals surface area (Å²) in [5.41, 5.74) is 4.13. The molecule has 3 aromatic rings. The molecule has 0 radical (unpaired) electrons. The topological polar surface area (TPSA) is 59.4 Å². The van der Waals surface area contributed by atoms with Gasteiger partial charge in [0.2, 0.25) is 0 Å². The second-order valence-corrected chi connectivity index (χ2v) is 7.75. The first-order valence-corrected chi connectivity index (χ1v) is 10.1. The zero-order valence-corrected chi connectivity index (χ0v) is 18.7. The minimum absolute atomic E-state index is 0.0128. The van der Waals surface area contributed by atoms with Crippen molar-refractivity contribution in [2.75, 3.05) is 27.7 Å². The van der Waals surface area contributed by atoms with Gasteiger partial charge in [-0.1, -0.05) is 29.8 Å². The van der Waals surface area contributed by atoms with Gasteiger partial charge in [0.05, 0.1) is 35.2 Å². The lowest BCUT2D eigenvalue weighted by molar-refractivity contribution is 0.0941. The molecule has 1 amide bonds. The van der Waals surface area contributed by atoms with E-state index in [-0.39, 0.29) is 11.9 Å². The highest BCUT2D eigenvalue weighted by Crippen LogP contribution is 2.27. The van der Waals surface area contributed by atoms with E-state index in [2.05, 4.69) is 15.3 Å². The van der Waals surface area contributed by atoms with Crippen LogP contribution in [0.3, 0.4) is 0 Å². The van der Waals surface area contributed by atoms with E-state index in [9.17, 15) is 4.79 Å². The molecule has 30 heavy (non-hydrogen) atoms. The molecule has 0 saturated carbocycles. The van der Waals surface area contributed by atoms with Gasteiger partial charge in [-0.3, -0.25) is 4.79 Å². The van der Waals surface area contributed by atoms with Crippen molar-refractivity contribution in [1.29, 1.82) is 0 Å². The molecule has 2 aromatic carbocycles. The number of likely N-dealkylation sites (N-methyl/N-ethyl adjacent to an activating group) is 1. The Balaban J connectivity index is 1.73. The average molecular weight is 427 g/mol. The van der Waals surface area contributed by atoms with Crippen LogP contribution in [-0.2, 0) is 0 Å². The first-order chi connectivity index (χ1) is 14.3. The van der Waals surface area contributed by atoms with Crippen molar-refractivity contribution in [3.8, 4) is 11.4 Å². The van der Waals surface area contributed by atoms with Crippen molar-refractivity contribution >= 4 is 17.5 Å². The maximum Gasteiger partial charge on any atom is 0.251 e. The normalized spacial score (nSPS) is 12.1. The lowest BCUT2D eigenvalue weighted by atomic mass is 10.0. The van der Waals surface area contributed by atoms with Crippen molar-refractivity contribution in [2.45, 2.75) is 19.9 Å². The third-order valence-corrected chi connectivity index (χ3v) is 5.70. The molecule has 1 unspecified atom stereocenters. The predicted molar refractivity (Wildman–Crippen MR) is 120 cm³/mol. The molecule has 0 aliphatic rings. The summed E-state index contributed by atoms with van der Waals surface area (Å²) in [7, 11) is 5.62. The summed E-state index contributed by atoms with van der Waals surface area (Å²) < 4.78 is 7.27. The number of nitrogens with one attached hydrogen (secondary N) is 1. The third-order valence-electron chi connectivity index (χ3n) is 5.15. The summed E-state index contributed by atoms with van der Waals surface area (Å²) in [5, 5.41) is 8.14. The first-order valence-electron chi connectivity index (χ1n) is 9.73. The number of methoxy groups -OCH3 is 1. The number of benzene rings is 2. The van der Waals surface area contributed by atoms with Crippen molar-refractivity contribution < 1.29 is 9.53 Å². The highest BCUT2D eigenvalue weighted by Gasteiger charge is 2.19. The number of ether oxygens (including phenoxy) is 1. The van der Waals surface area contributed by atoms with Gasteiger partial charge in [-0.2, -0.15) is 5.10 Å². The lowest BCUT2D eigenvalue weighted by Gasteiger charge is -2.26. The monoisotopic (exact) mass is 426 g/mol. The minimum Gasteiger partial charge on any atom is -0.496 e. The van der Waals surface area contributed by atoms with Gasteiger partial charge in [0.25, 0.3) is 5.91 Å². The molecule has 1 atom stereocenters. The van der Waals surface area contributed by atoms with Crippen LogP contribution in [0.4, 0.5) is 0 Å². The number of halogens is 1. The molecular weight excluding hydrogens is 400 g/mol. The van der Waals surface area contributed by atoms with Gasteiger partial charge in [0.15, 0.2) is 0 Å². The summed E-state index contributed by atoms with van der Waals surface area (Å²) in [6, 6.07) is 15.2. The molecule has 6 nitrogen and oxygen atoms in total. The first kappa shape index (κ1) is 21.9. The van der Waals surface area contributed by atoms with Crippen LogP contribution in [-0.4, -0.2) is 48.3 Å². The van der Waals surface area contributed by atoms with E-state index in [1.165, 1.54) is 0 Å². The Bertz CT molecular complexity index is 1030. The van der Waals surface area contributed by atoms with E-state index in [1.54, 1.807) is 23.9 Å². The molecule has 0 bridgehead atoms. The number of rotatable bonds is 7. The van der Waals surface area contributed by atoms with E-state index in [0.29, 0.717) is 17.1 Å². The van der Waals surface area contributed by atoms with E-state index >= 15 is 0 Å². The highest BCUT2D eigenvalue weighted by molar-refractivity contribution is 6.31. The van der Waals surface area contributed by atoms with Crippen molar-refractivity contribution in [1.82, 2.24) is 20.0 Å². The summed E-state index contributed by atoms with van der Waals surface area (Å²) in [4.78, 5) is 14.8. The van der Waals surface area contributed by atoms with Gasteiger partial charge in [-0.25, -0.2) is 4.68 Å². The van der Waals surface area contributed by atoms with Crippen LogP contribution in [0, 0.1) is 13.8 Å². The van der Waals surface area contributed by atoms with Crippen molar-refractivity contribution in [2.24, 2.45) is 0 Å². The number of carbonyl (C=O) groups is 1. The molecule has 0 fully saturated rings. The Labute approximate surface area is 182 Å². The molecule has 0 aliphatic heterocycles. The maximum absolute atomic E-state index is 12.7. The number of nitrogens with zero attached hydrogens (tertiary/aromatic N) is 3. The van der Waals surface area contributed by atoms with Gasteiger partial charge >= 0.3 is 0 Å². The van der Waals surface area contributed by atoms with E-state index in [0.717, 1.165) is 28.4 Å². The summed E-state index contributed by atoms with van der Waals surface area (Å²) >= 11 is 6.24. The number of hydrogen-bond donors (Lipinski definition) is 1. The Morgan fingerprint density at radius 1 is 1.17 bits per heavy atom. The quantitative estimate of drug-likeness (QED) is 0.615. The number of amides is 1. The largest absolute Gasteiger partial charge is 0.496 e. The Hall–Kier alpha value is -2.83. The van der Waals surface area contributed by atoms with Crippen LogP contribution in [0.25, 0.3) is 5.69 Å². The van der Waals surface area contributed by atoms with Crippen LogP contribution >= 0.6 is 11.6 Å². The summed E-state index contributed by atoms with van der Waals surface area (Å²) in [6.07, 6.45) is 0. The van der Waals surface area contributed by atoms with Crippen LogP contribution in [0.1, 0.15) is 33.4 Å². The number of carbonyl (C=O) groups excluding carboxylic acids is 1. The predicted octanol–water partition coefficient (Wildman–Crippen LogP) is 4.18. The molecule has 1 N–H and O–H groups in total. The molecule has 0 saturated heterocycles. The standard InChI is InChI=1S/C23H27ClN4O2/c1-15-22(24)16(2)28(26-15)18-12-10-17(11-13-18)23(29)25-14-20(27(3)4)19-8-6-7-9-21(19)30-5/h6-13,20H,14H2,1-5H3,(H,25,29). The fourth-order valence-corrected chi connectivity index (χ4v) is 3.55. The van der Waals surface area contributed by atoms with Gasteiger partial charge in [-0.05, 0) is 58.3 Å². The number of para-hydroxylation sites is 1. The van der Waals surface area contributed by atoms with E-state index < -0.39 is 0 Å². The van der Waals surface area contributed by atoms with E-state index in [4.69, 9.17) is 16.3 Å². The molecule has 7 heteroatoms. The van der Waals surface area contributed by atoms with Crippen LogP contribution < -0.4 is 10.1 Å². The van der Waals surface area contributed by atoms with Gasteiger partial charge in [0.1, 0.15) is 5.75 Å². The van der Waals surface area contributed by atoms with E-state index in [1.807, 2.05) is 64.3 Å². The zero-order valence-electron chi connectivity index (χ0n) is 17.9. The van der Waals surface area contributed by atoms with Crippen molar-refractivity contribution in [3.63, 3.8) is 0 Å². The molecule has 3 rings (SSSR count). The molecular formula is C23H27ClN4O2. The SMILES string of the molecule is COc1ccccc1C(CNC(=O)c1ccc(-n2nc(C)c(Cl)c2C)cc1)N(C)C. The van der Waals surface area contributed by atoms with Gasteiger partial charge in [-0.15, -0.1) is 0 Å². The molecule has 1 heterocycles. The van der Waals surface area contributed by atoms with Crippen LogP contribution in [0.2, 0.25) is 5.02 Å². The molecule has 158 valence electrons. The van der Waals surface area contributed by atoms with Crippen LogP contribution in [0.5, 0.6) is 5.75 Å². The van der Waals surface area contributed by atoms with Crippen molar-refractivity contribution in [3.05, 3.63) is 76.1 Å². The Kier molecular flexibility index (Phi) is 6.80. The smallest absolute Gasteiger partial charge is 0.251 e. The second-order valence-electron chi connectivity index (χ2n) is 7.37. The Morgan fingerprint density at radius 3 is 2.40 bits per heavy atom. The Morgan fingerprint density at radius 2 is 1.83 bits per heavy atom. The van der Waals surface area contributed by atoms with Gasteiger partial charge < -0.3 is 15.0 Å². The maximum atomic E-state index is 12.7. The number of hydrogen-bond acceptors (Lipinski definition) is 4. The van der Waals surface area contributed by atoms with Crippen LogP contribution in [0.15, 0.2) is 48.5 Å². The number of aryl methyl sites for hydroxylation is 1. The third kappa shape index (κ3) is 4.50. The average Bonchev–Trinajstić information content (AvgIpc) is 3.01. The molecule has 1 aromatic heterocycles. The molecule has 0 aliphatic carbocycles. The number of aromatic nitrogens is 2. The summed E-state index contributed by atoms with van der Waals surface area (Å²) in [5.74, 6) is 0.674. The zero-order chi connectivity index (χ0) is 21.8.